The Morgan fingerprint density at radius 2 is 2.17 bits per heavy atom. The maximum absolute atomic E-state index is 10.5. The van der Waals surface area contributed by atoms with Crippen molar-refractivity contribution >= 4 is 5.97 Å². The number of rotatable bonds is 5. The molecule has 0 aliphatic carbocycles. The molecule has 0 saturated carbocycles. The van der Waals surface area contributed by atoms with Crippen molar-refractivity contribution in [2.45, 2.75) is 6.54 Å². The van der Waals surface area contributed by atoms with E-state index < -0.39 is 5.97 Å². The Kier molecular flexibility index (Phi) is 3.47. The van der Waals surface area contributed by atoms with Gasteiger partial charge in [-0.05, 0) is 12.1 Å². The van der Waals surface area contributed by atoms with Gasteiger partial charge in [0.15, 0.2) is 5.75 Å². The molecular weight excluding hydrogens is 236 g/mol. The number of nitrogens with zero attached hydrogens (tertiary/aromatic N) is 2. The lowest BCUT2D eigenvalue weighted by Gasteiger charge is -2.04. The number of hydrogen-bond donors (Lipinski definition) is 1. The van der Waals surface area contributed by atoms with Crippen molar-refractivity contribution in [3.05, 3.63) is 36.7 Å². The summed E-state index contributed by atoms with van der Waals surface area (Å²) in [5.41, 5.74) is 0. The Bertz CT molecular complexity index is 551. The van der Waals surface area contributed by atoms with E-state index in [1.165, 1.54) is 17.1 Å². The molecule has 1 aromatic heterocycles. The predicted octanol–water partition coefficient (Wildman–Crippen LogP) is 1.77. The summed E-state index contributed by atoms with van der Waals surface area (Å²) in [4.78, 5) is 10.5. The molecule has 6 nitrogen and oxygen atoms in total. The van der Waals surface area contributed by atoms with E-state index in [9.17, 15) is 4.79 Å². The van der Waals surface area contributed by atoms with Crippen LogP contribution in [0.2, 0.25) is 0 Å². The van der Waals surface area contributed by atoms with Crippen molar-refractivity contribution in [3.8, 4) is 17.2 Å². The number of carboxylic acid groups (broad SMARTS) is 1. The molecule has 0 amide bonds. The van der Waals surface area contributed by atoms with Gasteiger partial charge in [0, 0.05) is 6.07 Å². The summed E-state index contributed by atoms with van der Waals surface area (Å²) in [5.74, 6) is 0.810. The average molecular weight is 248 g/mol. The molecular formula is C12H12N2O4. The summed E-state index contributed by atoms with van der Waals surface area (Å²) >= 11 is 0. The third kappa shape index (κ3) is 3.00. The highest BCUT2D eigenvalue weighted by Gasteiger charge is 2.05. The van der Waals surface area contributed by atoms with Gasteiger partial charge in [-0.3, -0.25) is 9.48 Å². The van der Waals surface area contributed by atoms with Gasteiger partial charge in [0.25, 0.3) is 0 Å². The van der Waals surface area contributed by atoms with E-state index in [2.05, 4.69) is 5.10 Å². The first-order valence-electron chi connectivity index (χ1n) is 5.23. The quantitative estimate of drug-likeness (QED) is 0.872. The summed E-state index contributed by atoms with van der Waals surface area (Å²) < 4.78 is 11.9. The molecule has 0 atom stereocenters. The monoisotopic (exact) mass is 248 g/mol. The average Bonchev–Trinajstić information content (AvgIpc) is 2.76. The first kappa shape index (κ1) is 12.0. The van der Waals surface area contributed by atoms with Crippen molar-refractivity contribution in [3.63, 3.8) is 0 Å². The van der Waals surface area contributed by atoms with Gasteiger partial charge >= 0.3 is 5.97 Å². The third-order valence-electron chi connectivity index (χ3n) is 2.18. The van der Waals surface area contributed by atoms with E-state index in [0.717, 1.165) is 0 Å². The fourth-order valence-electron chi connectivity index (χ4n) is 1.42. The topological polar surface area (TPSA) is 73.6 Å². The molecule has 0 bridgehead atoms. The van der Waals surface area contributed by atoms with Crippen LogP contribution < -0.4 is 9.47 Å². The standard InChI is InChI=1S/C12H12N2O4/c1-17-9-3-2-4-10(5-9)18-11-6-13-14(7-11)8-12(15)16/h2-7H,8H2,1H3,(H,15,16). The number of aliphatic carboxylic acids is 1. The summed E-state index contributed by atoms with van der Waals surface area (Å²) in [6.45, 7) is -0.193. The largest absolute Gasteiger partial charge is 0.497 e. The number of hydrogen-bond acceptors (Lipinski definition) is 4. The fourth-order valence-corrected chi connectivity index (χ4v) is 1.42. The van der Waals surface area contributed by atoms with Crippen LogP contribution in [0.25, 0.3) is 0 Å². The van der Waals surface area contributed by atoms with Crippen LogP contribution in [0.1, 0.15) is 0 Å². The number of aromatic nitrogens is 2. The Morgan fingerprint density at radius 1 is 1.39 bits per heavy atom. The van der Waals surface area contributed by atoms with Crippen LogP contribution in [0.5, 0.6) is 17.2 Å². The molecule has 0 fully saturated rings. The van der Waals surface area contributed by atoms with Gasteiger partial charge in [0.2, 0.25) is 0 Å². The molecule has 0 aliphatic rings. The number of methoxy groups -OCH3 is 1. The number of carboxylic acids is 1. The van der Waals surface area contributed by atoms with E-state index in [1.807, 2.05) is 0 Å². The minimum absolute atomic E-state index is 0.193. The second-order valence-corrected chi connectivity index (χ2v) is 3.55. The number of carbonyl (C=O) groups is 1. The number of ether oxygens (including phenoxy) is 2. The highest BCUT2D eigenvalue weighted by atomic mass is 16.5. The maximum atomic E-state index is 10.5. The van der Waals surface area contributed by atoms with Crippen LogP contribution in [0.3, 0.4) is 0 Å². The molecule has 2 aromatic rings. The molecule has 1 heterocycles. The smallest absolute Gasteiger partial charge is 0.325 e. The van der Waals surface area contributed by atoms with Crippen LogP contribution >= 0.6 is 0 Å². The molecule has 94 valence electrons. The molecule has 1 N–H and O–H groups in total. The van der Waals surface area contributed by atoms with Crippen molar-refractivity contribution < 1.29 is 19.4 Å². The van der Waals surface area contributed by atoms with Crippen molar-refractivity contribution in [2.75, 3.05) is 7.11 Å². The van der Waals surface area contributed by atoms with Crippen molar-refractivity contribution in [2.24, 2.45) is 0 Å². The minimum Gasteiger partial charge on any atom is -0.497 e. The van der Waals surface area contributed by atoms with E-state index in [0.29, 0.717) is 17.2 Å². The highest BCUT2D eigenvalue weighted by Crippen LogP contribution is 2.24. The summed E-state index contributed by atoms with van der Waals surface area (Å²) in [6.07, 6.45) is 2.98. The molecule has 6 heteroatoms. The van der Waals surface area contributed by atoms with Crippen molar-refractivity contribution in [1.82, 2.24) is 9.78 Å². The molecule has 2 rings (SSSR count). The first-order valence-corrected chi connectivity index (χ1v) is 5.23. The second-order valence-electron chi connectivity index (χ2n) is 3.55. The van der Waals surface area contributed by atoms with E-state index in [4.69, 9.17) is 14.6 Å². The van der Waals surface area contributed by atoms with Crippen LogP contribution in [0, 0.1) is 0 Å². The Balaban J connectivity index is 2.08. The van der Waals surface area contributed by atoms with Gasteiger partial charge in [0.1, 0.15) is 18.0 Å². The van der Waals surface area contributed by atoms with Crippen LogP contribution in [0.4, 0.5) is 0 Å². The zero-order valence-corrected chi connectivity index (χ0v) is 9.74. The fraction of sp³-hybridized carbons (Fsp3) is 0.167. The summed E-state index contributed by atoms with van der Waals surface area (Å²) in [6, 6.07) is 7.11. The van der Waals surface area contributed by atoms with Gasteiger partial charge in [-0.25, -0.2) is 0 Å². The van der Waals surface area contributed by atoms with Gasteiger partial charge < -0.3 is 14.6 Å². The highest BCUT2D eigenvalue weighted by molar-refractivity contribution is 5.66. The SMILES string of the molecule is COc1cccc(Oc2cnn(CC(=O)O)c2)c1. The van der Waals surface area contributed by atoms with E-state index in [1.54, 1.807) is 31.4 Å². The summed E-state index contributed by atoms with van der Waals surface area (Å²) in [7, 11) is 1.57. The summed E-state index contributed by atoms with van der Waals surface area (Å²) in [5, 5.41) is 12.5. The van der Waals surface area contributed by atoms with Gasteiger partial charge in [-0.1, -0.05) is 6.07 Å². The van der Waals surface area contributed by atoms with Crippen LogP contribution in [-0.4, -0.2) is 28.0 Å². The maximum Gasteiger partial charge on any atom is 0.325 e. The second kappa shape index (κ2) is 5.22. The minimum atomic E-state index is -0.953. The first-order chi connectivity index (χ1) is 8.67. The molecule has 0 radical (unpaired) electrons. The molecule has 1 aromatic carbocycles. The van der Waals surface area contributed by atoms with Crippen LogP contribution in [0.15, 0.2) is 36.7 Å². The Labute approximate surface area is 103 Å². The van der Waals surface area contributed by atoms with E-state index in [-0.39, 0.29) is 6.54 Å². The Morgan fingerprint density at radius 3 is 2.89 bits per heavy atom. The van der Waals surface area contributed by atoms with Crippen LogP contribution in [-0.2, 0) is 11.3 Å². The van der Waals surface area contributed by atoms with Crippen molar-refractivity contribution in [1.29, 1.82) is 0 Å². The lowest BCUT2D eigenvalue weighted by Crippen LogP contribution is -2.08. The molecule has 0 aliphatic heterocycles. The lowest BCUT2D eigenvalue weighted by molar-refractivity contribution is -0.137. The number of benzene rings is 1. The third-order valence-corrected chi connectivity index (χ3v) is 2.18. The van der Waals surface area contributed by atoms with E-state index >= 15 is 0 Å². The van der Waals surface area contributed by atoms with Gasteiger partial charge in [0.05, 0.1) is 19.5 Å². The normalized spacial score (nSPS) is 10.1. The predicted molar refractivity (Wildman–Crippen MR) is 62.9 cm³/mol. The zero-order chi connectivity index (χ0) is 13.0. The zero-order valence-electron chi connectivity index (χ0n) is 9.74. The van der Waals surface area contributed by atoms with Gasteiger partial charge in [-0.2, -0.15) is 5.10 Å². The molecule has 0 saturated heterocycles. The lowest BCUT2D eigenvalue weighted by atomic mass is 10.3. The van der Waals surface area contributed by atoms with Gasteiger partial charge in [-0.15, -0.1) is 0 Å². The molecule has 0 unspecified atom stereocenters. The Hall–Kier alpha value is -2.50. The molecule has 18 heavy (non-hydrogen) atoms. The molecule has 0 spiro atoms.